The molecular weight excluding hydrogens is 419 g/mol. The van der Waals surface area contributed by atoms with Crippen LogP contribution < -0.4 is 0 Å². The first-order valence-electron chi connectivity index (χ1n) is 10.4. The van der Waals surface area contributed by atoms with Gasteiger partial charge in [-0.3, -0.25) is 14.5 Å². The second-order valence-corrected chi connectivity index (χ2v) is 8.72. The lowest BCUT2D eigenvalue weighted by Gasteiger charge is -2.29. The molecule has 1 aromatic carbocycles. The minimum absolute atomic E-state index is 0.0635. The number of aliphatic hydroxyl groups excluding tert-OH is 1. The molecule has 2 aliphatic rings. The van der Waals surface area contributed by atoms with E-state index in [0.29, 0.717) is 31.7 Å². The van der Waals surface area contributed by atoms with Crippen molar-refractivity contribution < 1.29 is 23.8 Å². The molecule has 6 nitrogen and oxygen atoms in total. The van der Waals surface area contributed by atoms with E-state index in [1.165, 1.54) is 35.6 Å². The van der Waals surface area contributed by atoms with Crippen LogP contribution in [0.4, 0.5) is 4.39 Å². The fourth-order valence-corrected chi connectivity index (χ4v) is 5.15. The number of amides is 1. The molecule has 1 aromatic heterocycles. The molecule has 1 amide bonds. The molecule has 2 fully saturated rings. The van der Waals surface area contributed by atoms with E-state index in [-0.39, 0.29) is 11.3 Å². The summed E-state index contributed by atoms with van der Waals surface area (Å²) in [7, 11) is 0. The number of ketones is 1. The summed E-state index contributed by atoms with van der Waals surface area (Å²) in [6, 6.07) is 6.56. The normalized spacial score (nSPS) is 21.7. The van der Waals surface area contributed by atoms with Gasteiger partial charge >= 0.3 is 0 Å². The maximum atomic E-state index is 13.3. The van der Waals surface area contributed by atoms with Crippen LogP contribution in [-0.2, 0) is 14.3 Å². The van der Waals surface area contributed by atoms with Crippen molar-refractivity contribution in [1.82, 2.24) is 9.80 Å². The number of morpholine rings is 1. The number of likely N-dealkylation sites (tertiary alicyclic amines) is 1. The molecule has 0 radical (unpaired) electrons. The molecule has 31 heavy (non-hydrogen) atoms. The highest BCUT2D eigenvalue weighted by molar-refractivity contribution is 7.10. The Morgan fingerprint density at radius 2 is 1.87 bits per heavy atom. The molecule has 0 aliphatic carbocycles. The van der Waals surface area contributed by atoms with Gasteiger partial charge in [-0.2, -0.15) is 0 Å². The van der Waals surface area contributed by atoms with E-state index in [4.69, 9.17) is 4.74 Å². The lowest BCUT2D eigenvalue weighted by Crippen LogP contribution is -2.38. The molecule has 2 aliphatic heterocycles. The number of thiophene rings is 1. The average molecular weight is 445 g/mol. The Bertz CT molecular complexity index is 995. The Morgan fingerprint density at radius 3 is 2.52 bits per heavy atom. The highest BCUT2D eigenvalue weighted by Crippen LogP contribution is 2.42. The lowest BCUT2D eigenvalue weighted by atomic mass is 9.98. The highest BCUT2D eigenvalue weighted by Gasteiger charge is 2.46. The van der Waals surface area contributed by atoms with E-state index < -0.39 is 23.5 Å². The van der Waals surface area contributed by atoms with E-state index in [2.05, 4.69) is 4.90 Å². The molecule has 1 atom stereocenters. The second-order valence-electron chi connectivity index (χ2n) is 7.77. The molecule has 3 heterocycles. The predicted octanol–water partition coefficient (Wildman–Crippen LogP) is 3.34. The third kappa shape index (κ3) is 4.42. The van der Waals surface area contributed by atoms with Crippen molar-refractivity contribution in [3.63, 3.8) is 0 Å². The minimum atomic E-state index is -0.703. The number of benzene rings is 1. The van der Waals surface area contributed by atoms with E-state index >= 15 is 0 Å². The van der Waals surface area contributed by atoms with Crippen LogP contribution in [0.2, 0.25) is 0 Å². The molecule has 0 unspecified atom stereocenters. The summed E-state index contributed by atoms with van der Waals surface area (Å²) in [5.41, 5.74) is 1.33. The topological polar surface area (TPSA) is 70.1 Å². The van der Waals surface area contributed by atoms with E-state index in [1.54, 1.807) is 4.90 Å². The lowest BCUT2D eigenvalue weighted by molar-refractivity contribution is -0.140. The van der Waals surface area contributed by atoms with Gasteiger partial charge in [-0.1, -0.05) is 0 Å². The molecular formula is C23H25FN2O4S. The number of aliphatic hydroxyl groups is 1. The van der Waals surface area contributed by atoms with Crippen LogP contribution in [0.5, 0.6) is 0 Å². The van der Waals surface area contributed by atoms with E-state index in [1.807, 2.05) is 18.4 Å². The molecule has 1 N–H and O–H groups in total. The van der Waals surface area contributed by atoms with Gasteiger partial charge < -0.3 is 14.7 Å². The quantitative estimate of drug-likeness (QED) is 0.420. The first kappa shape index (κ1) is 21.7. The van der Waals surface area contributed by atoms with Crippen molar-refractivity contribution in [2.45, 2.75) is 19.4 Å². The first-order chi connectivity index (χ1) is 15.0. The van der Waals surface area contributed by atoms with Crippen molar-refractivity contribution in [2.24, 2.45) is 0 Å². The van der Waals surface area contributed by atoms with E-state index in [9.17, 15) is 19.1 Å². The maximum Gasteiger partial charge on any atom is 0.295 e. The van der Waals surface area contributed by atoms with Gasteiger partial charge in [0.15, 0.2) is 0 Å². The van der Waals surface area contributed by atoms with Gasteiger partial charge in [-0.25, -0.2) is 4.39 Å². The SMILES string of the molecule is Cc1ccsc1[C@@H]1C(=C(O)c2ccc(F)cc2)C(=O)C(=O)N1CCCN1CCOCC1. The van der Waals surface area contributed by atoms with Gasteiger partial charge in [0.05, 0.1) is 24.8 Å². The summed E-state index contributed by atoms with van der Waals surface area (Å²) in [4.78, 5) is 30.6. The first-order valence-corrected chi connectivity index (χ1v) is 11.2. The Balaban J connectivity index is 1.65. The van der Waals surface area contributed by atoms with E-state index in [0.717, 1.165) is 30.1 Å². The zero-order chi connectivity index (χ0) is 22.0. The fourth-order valence-electron chi connectivity index (χ4n) is 4.10. The number of carbonyl (C=O) groups excluding carboxylic acids is 2. The molecule has 4 rings (SSSR count). The van der Waals surface area contributed by atoms with Crippen molar-refractivity contribution in [3.05, 3.63) is 63.1 Å². The van der Waals surface area contributed by atoms with Crippen LogP contribution in [0.3, 0.4) is 0 Å². The molecule has 2 aromatic rings. The van der Waals surface area contributed by atoms with Crippen LogP contribution in [0.1, 0.15) is 28.5 Å². The number of aryl methyl sites for hydroxylation is 1. The Hall–Kier alpha value is -2.55. The molecule has 164 valence electrons. The zero-order valence-corrected chi connectivity index (χ0v) is 18.2. The number of hydrogen-bond donors (Lipinski definition) is 1. The third-order valence-corrected chi connectivity index (χ3v) is 6.86. The molecule has 0 bridgehead atoms. The van der Waals surface area contributed by atoms with Crippen LogP contribution in [0, 0.1) is 12.7 Å². The van der Waals surface area contributed by atoms with Crippen LogP contribution in [0.25, 0.3) is 5.76 Å². The summed E-state index contributed by atoms with van der Waals surface area (Å²) in [5.74, 6) is -2.02. The smallest absolute Gasteiger partial charge is 0.295 e. The van der Waals surface area contributed by atoms with Gasteiger partial charge in [0.2, 0.25) is 0 Å². The van der Waals surface area contributed by atoms with Crippen molar-refractivity contribution in [3.8, 4) is 0 Å². The zero-order valence-electron chi connectivity index (χ0n) is 17.3. The van der Waals surface area contributed by atoms with Crippen molar-refractivity contribution in [2.75, 3.05) is 39.4 Å². The summed E-state index contributed by atoms with van der Waals surface area (Å²) >= 11 is 1.46. The van der Waals surface area contributed by atoms with Gasteiger partial charge in [-0.15, -0.1) is 11.3 Å². The van der Waals surface area contributed by atoms with Crippen molar-refractivity contribution in [1.29, 1.82) is 0 Å². The van der Waals surface area contributed by atoms with Crippen LogP contribution >= 0.6 is 11.3 Å². The van der Waals surface area contributed by atoms with Gasteiger partial charge in [0.25, 0.3) is 11.7 Å². The van der Waals surface area contributed by atoms with Crippen molar-refractivity contribution >= 4 is 28.8 Å². The maximum absolute atomic E-state index is 13.3. The molecule has 0 saturated carbocycles. The van der Waals surface area contributed by atoms with Gasteiger partial charge in [0, 0.05) is 36.6 Å². The molecule has 0 spiro atoms. The number of ether oxygens (including phenoxy) is 1. The minimum Gasteiger partial charge on any atom is -0.507 e. The number of Topliss-reactive ketones (excluding diaryl/α,β-unsaturated/α-hetero) is 1. The summed E-state index contributed by atoms with van der Waals surface area (Å²) in [6.07, 6.45) is 0.713. The second kappa shape index (κ2) is 9.30. The standard InChI is InChI=1S/C23H25FN2O4S/c1-15-7-14-31-22(15)19-18(20(27)16-3-5-17(24)6-4-16)21(28)23(29)26(19)9-2-8-25-10-12-30-13-11-25/h3-7,14,19,27H,2,8-13H2,1H3/t19-/m0/s1. The highest BCUT2D eigenvalue weighted by atomic mass is 32.1. The summed E-state index contributed by atoms with van der Waals surface area (Å²) in [6.45, 7) is 6.27. The third-order valence-electron chi connectivity index (χ3n) is 5.78. The van der Waals surface area contributed by atoms with Crippen LogP contribution in [-0.4, -0.2) is 66.0 Å². The number of halogens is 1. The Kier molecular flexibility index (Phi) is 6.50. The Labute approximate surface area is 184 Å². The number of hydrogen-bond acceptors (Lipinski definition) is 6. The summed E-state index contributed by atoms with van der Waals surface area (Å²) in [5, 5.41) is 12.9. The largest absolute Gasteiger partial charge is 0.507 e. The number of rotatable bonds is 6. The summed E-state index contributed by atoms with van der Waals surface area (Å²) < 4.78 is 18.7. The fraction of sp³-hybridized carbons (Fsp3) is 0.391. The molecule has 8 heteroatoms. The number of nitrogens with zero attached hydrogens (tertiary/aromatic N) is 2. The average Bonchev–Trinajstić information content (AvgIpc) is 3.30. The Morgan fingerprint density at radius 1 is 1.16 bits per heavy atom. The number of carbonyl (C=O) groups is 2. The predicted molar refractivity (Wildman–Crippen MR) is 116 cm³/mol. The van der Waals surface area contributed by atoms with Gasteiger partial charge in [0.1, 0.15) is 11.6 Å². The molecule has 2 saturated heterocycles. The van der Waals surface area contributed by atoms with Gasteiger partial charge in [-0.05, 0) is 54.6 Å². The van der Waals surface area contributed by atoms with Crippen LogP contribution in [0.15, 0.2) is 41.3 Å². The monoisotopic (exact) mass is 444 g/mol.